The fraction of sp³-hybridized carbons (Fsp3) is 0.304. The topological polar surface area (TPSA) is 12.0 Å². The Labute approximate surface area is 182 Å². The molecule has 0 fully saturated rings. The van der Waals surface area contributed by atoms with E-state index in [0.29, 0.717) is 2.89 Å². The van der Waals surface area contributed by atoms with E-state index in [1.54, 1.807) is 5.20 Å². The Hall–Kier alpha value is -0.708. The van der Waals surface area contributed by atoms with Crippen molar-refractivity contribution in [3.63, 3.8) is 0 Å². The van der Waals surface area contributed by atoms with Crippen LogP contribution in [0, 0.1) is 0 Å². The van der Waals surface area contributed by atoms with Gasteiger partial charge in [-0.15, -0.1) is 0 Å². The van der Waals surface area contributed by atoms with E-state index in [2.05, 4.69) is 122 Å². The molecule has 0 radical (unpaired) electrons. The number of hydrogen-bond donors (Lipinski definition) is 1. The third-order valence-corrected chi connectivity index (χ3v) is 11.5. The molecule has 0 bridgehead atoms. The number of allylic oxidation sites excluding steroid dienone is 1. The zero-order valence-corrected chi connectivity index (χ0v) is 18.5. The molecule has 3 aromatic carbocycles. The first kappa shape index (κ1) is 19.6. The second-order valence-electron chi connectivity index (χ2n) is 9.56. The van der Waals surface area contributed by atoms with E-state index in [4.69, 9.17) is 0 Å². The minimum atomic E-state index is -1.79. The van der Waals surface area contributed by atoms with E-state index in [9.17, 15) is 0 Å². The van der Waals surface area contributed by atoms with Gasteiger partial charge in [0.1, 0.15) is 0 Å². The summed E-state index contributed by atoms with van der Waals surface area (Å²) in [6, 6.07) is 17.8. The first-order valence-electron chi connectivity index (χ1n) is 10.1. The second kappa shape index (κ2) is 6.96. The Morgan fingerprint density at radius 1 is 0.889 bits per heavy atom. The van der Waals surface area contributed by atoms with Crippen LogP contribution in [0.15, 0.2) is 53.7 Å². The molecular formula is C23H25Li2NSi. The summed E-state index contributed by atoms with van der Waals surface area (Å²) in [5.41, 5.74) is 3.11. The third kappa shape index (κ3) is 3.43. The SMILES string of the molecule is [Li][CH]([Li])[Si](C)(NC(C)(C)C)C1=Cc2c(c3ccccc3c3ccccc23)C1. The average Bonchev–Trinajstić information content (AvgIpc) is 3.07. The van der Waals surface area contributed by atoms with Crippen molar-refractivity contribution in [3.8, 4) is 0 Å². The molecule has 1 aliphatic carbocycles. The molecule has 0 aliphatic heterocycles. The molecule has 1 unspecified atom stereocenters. The van der Waals surface area contributed by atoms with E-state index < -0.39 is 8.24 Å². The molecule has 27 heavy (non-hydrogen) atoms. The number of benzene rings is 3. The van der Waals surface area contributed by atoms with Crippen LogP contribution >= 0.6 is 0 Å². The molecule has 0 amide bonds. The van der Waals surface area contributed by atoms with Gasteiger partial charge in [0.25, 0.3) is 0 Å². The summed E-state index contributed by atoms with van der Waals surface area (Å²) in [6.07, 6.45) is 3.62. The zero-order valence-electron chi connectivity index (χ0n) is 17.5. The standard InChI is InChI=1S/C23H25NSi.2Li/c1-23(2,3)24-25(4,5)16-14-21-19-12-8-6-10-17(19)18-11-7-9-13-20(18)22(21)15-16;;/h4,6-14,24H,15H2,1-3,5H3;;. The van der Waals surface area contributed by atoms with Gasteiger partial charge in [0.05, 0.1) is 0 Å². The van der Waals surface area contributed by atoms with Crippen LogP contribution in [-0.4, -0.2) is 49.2 Å². The Bertz CT molecular complexity index is 1070. The molecule has 1 aliphatic rings. The maximum atomic E-state index is 4.08. The Morgan fingerprint density at radius 3 is 1.96 bits per heavy atom. The number of rotatable bonds is 3. The van der Waals surface area contributed by atoms with Gasteiger partial charge in [-0.2, -0.15) is 0 Å². The monoisotopic (exact) mass is 357 g/mol. The van der Waals surface area contributed by atoms with Gasteiger partial charge in [-0.1, -0.05) is 0 Å². The Balaban J connectivity index is 1.95. The van der Waals surface area contributed by atoms with Crippen LogP contribution in [-0.2, 0) is 6.42 Å². The maximum absolute atomic E-state index is 4.08. The van der Waals surface area contributed by atoms with E-state index in [1.807, 2.05) is 0 Å². The molecule has 4 rings (SSSR count). The van der Waals surface area contributed by atoms with Gasteiger partial charge in [0, 0.05) is 0 Å². The molecule has 0 aromatic heterocycles. The van der Waals surface area contributed by atoms with Crippen molar-refractivity contribution in [1.82, 2.24) is 4.98 Å². The van der Waals surface area contributed by atoms with Gasteiger partial charge in [-0.05, 0) is 0 Å². The summed E-state index contributed by atoms with van der Waals surface area (Å²) < 4.78 is 0.648. The van der Waals surface area contributed by atoms with Crippen LogP contribution in [0.4, 0.5) is 0 Å². The summed E-state index contributed by atoms with van der Waals surface area (Å²) in [7, 11) is -1.79. The molecule has 4 heteroatoms. The van der Waals surface area contributed by atoms with E-state index >= 15 is 0 Å². The van der Waals surface area contributed by atoms with Gasteiger partial charge in [0.2, 0.25) is 0 Å². The molecule has 0 heterocycles. The molecule has 0 saturated heterocycles. The fourth-order valence-electron chi connectivity index (χ4n) is 4.72. The number of fused-ring (bicyclic) bond motifs is 6. The Morgan fingerprint density at radius 2 is 1.41 bits per heavy atom. The molecule has 0 saturated carbocycles. The van der Waals surface area contributed by atoms with Crippen LogP contribution in [0.25, 0.3) is 27.6 Å². The quantitative estimate of drug-likeness (QED) is 0.510. The number of hydrogen-bond acceptors (Lipinski definition) is 1. The van der Waals surface area contributed by atoms with Crippen molar-refractivity contribution in [1.29, 1.82) is 0 Å². The first-order valence-corrected chi connectivity index (χ1v) is 12.7. The van der Waals surface area contributed by atoms with Crippen molar-refractivity contribution in [3.05, 3.63) is 64.9 Å². The Kier molecular flexibility index (Phi) is 5.06. The van der Waals surface area contributed by atoms with Crippen molar-refractivity contribution in [2.75, 3.05) is 0 Å². The van der Waals surface area contributed by atoms with E-state index in [0.717, 1.165) is 6.42 Å². The van der Waals surface area contributed by atoms with Crippen molar-refractivity contribution < 1.29 is 0 Å². The van der Waals surface area contributed by atoms with Crippen LogP contribution < -0.4 is 4.98 Å². The summed E-state index contributed by atoms with van der Waals surface area (Å²) in [5.74, 6) is 0. The van der Waals surface area contributed by atoms with Crippen LogP contribution in [0.2, 0.25) is 9.43 Å². The molecule has 1 nitrogen and oxygen atoms in total. The van der Waals surface area contributed by atoms with Crippen LogP contribution in [0.3, 0.4) is 0 Å². The summed E-state index contributed by atoms with van der Waals surface area (Å²) >= 11 is 4.79. The molecule has 1 atom stereocenters. The molecular weight excluding hydrogens is 332 g/mol. The van der Waals surface area contributed by atoms with Crippen molar-refractivity contribution in [2.45, 2.75) is 42.2 Å². The summed E-state index contributed by atoms with van der Waals surface area (Å²) in [4.78, 5) is 4.08. The van der Waals surface area contributed by atoms with Gasteiger partial charge in [-0.25, -0.2) is 0 Å². The normalized spacial score (nSPS) is 16.7. The van der Waals surface area contributed by atoms with E-state index in [-0.39, 0.29) is 5.54 Å². The van der Waals surface area contributed by atoms with Crippen LogP contribution in [0.1, 0.15) is 31.9 Å². The van der Waals surface area contributed by atoms with Gasteiger partial charge in [-0.3, -0.25) is 0 Å². The molecule has 0 spiro atoms. The zero-order chi connectivity index (χ0) is 19.4. The first-order chi connectivity index (χ1) is 12.7. The van der Waals surface area contributed by atoms with Crippen molar-refractivity contribution in [2.24, 2.45) is 0 Å². The molecule has 1 N–H and O–H groups in total. The van der Waals surface area contributed by atoms with Crippen LogP contribution in [0.5, 0.6) is 0 Å². The van der Waals surface area contributed by atoms with Gasteiger partial charge < -0.3 is 0 Å². The van der Waals surface area contributed by atoms with E-state index in [1.165, 1.54) is 32.7 Å². The summed E-state index contributed by atoms with van der Waals surface area (Å²) in [6.45, 7) is 9.42. The number of nitrogens with one attached hydrogen (secondary N) is 1. The predicted molar refractivity (Wildman–Crippen MR) is 123 cm³/mol. The van der Waals surface area contributed by atoms with Gasteiger partial charge in [0.15, 0.2) is 0 Å². The third-order valence-electron chi connectivity index (χ3n) is 6.23. The molecule has 3 aromatic rings. The molecule has 128 valence electrons. The fourth-order valence-corrected chi connectivity index (χ4v) is 8.46. The average molecular weight is 357 g/mol. The minimum absolute atomic E-state index is 0.130. The second-order valence-corrected chi connectivity index (χ2v) is 14.0. The summed E-state index contributed by atoms with van der Waals surface area (Å²) in [5, 5.41) is 7.23. The van der Waals surface area contributed by atoms with Crippen molar-refractivity contribution >= 4 is 71.3 Å². The van der Waals surface area contributed by atoms with Gasteiger partial charge >= 0.3 is 183 Å². The predicted octanol–water partition coefficient (Wildman–Crippen LogP) is 5.06.